The summed E-state index contributed by atoms with van der Waals surface area (Å²) in [6, 6.07) is 9.25. The van der Waals surface area contributed by atoms with Crippen molar-refractivity contribution in [1.29, 1.82) is 0 Å². The van der Waals surface area contributed by atoms with E-state index in [9.17, 15) is 0 Å². The molecule has 1 atom stereocenters. The van der Waals surface area contributed by atoms with Gasteiger partial charge >= 0.3 is 0 Å². The van der Waals surface area contributed by atoms with E-state index in [2.05, 4.69) is 44.4 Å². The molecule has 7 nitrogen and oxygen atoms in total. The summed E-state index contributed by atoms with van der Waals surface area (Å²) in [6.45, 7) is 11.1. The Morgan fingerprint density at radius 3 is 2.44 bits per heavy atom. The zero-order valence-corrected chi connectivity index (χ0v) is 21.9. The van der Waals surface area contributed by atoms with Crippen molar-refractivity contribution in [3.63, 3.8) is 0 Å². The van der Waals surface area contributed by atoms with E-state index in [-0.39, 0.29) is 29.4 Å². The third-order valence-electron chi connectivity index (χ3n) is 7.05. The Morgan fingerprint density at radius 2 is 1.78 bits per heavy atom. The van der Waals surface area contributed by atoms with E-state index in [1.54, 1.807) is 0 Å². The monoisotopic (exact) mass is 558 g/mol. The number of aliphatic imine (C=N–C) groups is 1. The van der Waals surface area contributed by atoms with Gasteiger partial charge in [-0.2, -0.15) is 0 Å². The van der Waals surface area contributed by atoms with Gasteiger partial charge in [0.1, 0.15) is 5.75 Å². The number of nitrogens with zero attached hydrogens (tertiary/aromatic N) is 3. The molecule has 180 valence electrons. The van der Waals surface area contributed by atoms with Crippen LogP contribution < -0.4 is 10.1 Å². The fourth-order valence-electron chi connectivity index (χ4n) is 5.16. The number of morpholine rings is 1. The first kappa shape index (κ1) is 25.5. The normalized spacial score (nSPS) is 24.1. The van der Waals surface area contributed by atoms with Gasteiger partial charge in [-0.05, 0) is 43.9 Å². The molecule has 3 aliphatic heterocycles. The van der Waals surface area contributed by atoms with E-state index in [1.807, 2.05) is 14.0 Å². The molecule has 0 aliphatic carbocycles. The van der Waals surface area contributed by atoms with Crippen molar-refractivity contribution in [2.75, 3.05) is 72.8 Å². The highest BCUT2D eigenvalue weighted by molar-refractivity contribution is 14.0. The summed E-state index contributed by atoms with van der Waals surface area (Å²) < 4.78 is 16.9. The molecule has 3 saturated heterocycles. The average molecular weight is 559 g/mol. The molecule has 8 heteroatoms. The van der Waals surface area contributed by atoms with Gasteiger partial charge < -0.3 is 24.4 Å². The van der Waals surface area contributed by atoms with Gasteiger partial charge in [0.15, 0.2) is 5.96 Å². The van der Waals surface area contributed by atoms with Gasteiger partial charge in [-0.15, -0.1) is 24.0 Å². The topological polar surface area (TPSA) is 58.6 Å². The quantitative estimate of drug-likeness (QED) is 0.330. The van der Waals surface area contributed by atoms with Crippen molar-refractivity contribution in [3.8, 4) is 5.75 Å². The van der Waals surface area contributed by atoms with Crippen LogP contribution in [-0.2, 0) is 14.9 Å². The Labute approximate surface area is 209 Å². The first-order valence-electron chi connectivity index (χ1n) is 11.8. The molecule has 1 aromatic rings. The molecule has 3 aliphatic rings. The summed E-state index contributed by atoms with van der Waals surface area (Å²) in [5, 5.41) is 3.73. The second-order valence-corrected chi connectivity index (χ2v) is 8.79. The molecule has 32 heavy (non-hydrogen) atoms. The Morgan fingerprint density at radius 1 is 1.09 bits per heavy atom. The number of nitrogens with one attached hydrogen (secondary N) is 1. The molecular weight excluding hydrogens is 519 g/mol. The fraction of sp³-hybridized carbons (Fsp3) is 0.708. The van der Waals surface area contributed by atoms with Crippen molar-refractivity contribution in [1.82, 2.24) is 15.1 Å². The Kier molecular flexibility index (Phi) is 9.88. The molecule has 0 amide bonds. The summed E-state index contributed by atoms with van der Waals surface area (Å²) in [7, 11) is 1.90. The second-order valence-electron chi connectivity index (χ2n) is 8.79. The molecule has 1 unspecified atom stereocenters. The number of guanidine groups is 1. The third kappa shape index (κ3) is 6.07. The SMILES string of the molecule is CCOc1ccc(C2(CNC(=NC)N3CCC(N4CCOCC4)C3)CCOCC2)cc1.I. The maximum absolute atomic E-state index is 5.71. The summed E-state index contributed by atoms with van der Waals surface area (Å²) in [5.74, 6) is 1.95. The lowest BCUT2D eigenvalue weighted by atomic mass is 9.74. The fourth-order valence-corrected chi connectivity index (χ4v) is 5.16. The Balaban J connectivity index is 0.00000289. The number of hydrogen-bond acceptors (Lipinski definition) is 5. The third-order valence-corrected chi connectivity index (χ3v) is 7.05. The predicted molar refractivity (Wildman–Crippen MR) is 138 cm³/mol. The van der Waals surface area contributed by atoms with Crippen molar-refractivity contribution in [2.45, 2.75) is 37.6 Å². The van der Waals surface area contributed by atoms with Crippen LogP contribution in [0.5, 0.6) is 5.75 Å². The van der Waals surface area contributed by atoms with Crippen molar-refractivity contribution >= 4 is 29.9 Å². The first-order valence-corrected chi connectivity index (χ1v) is 11.8. The lowest BCUT2D eigenvalue weighted by Crippen LogP contribution is -2.50. The van der Waals surface area contributed by atoms with E-state index >= 15 is 0 Å². The molecular formula is C24H39IN4O3. The van der Waals surface area contributed by atoms with Crippen LogP contribution in [0.3, 0.4) is 0 Å². The lowest BCUT2D eigenvalue weighted by molar-refractivity contribution is 0.0194. The number of halogens is 1. The zero-order chi connectivity index (χ0) is 21.5. The number of hydrogen-bond donors (Lipinski definition) is 1. The maximum atomic E-state index is 5.71. The van der Waals surface area contributed by atoms with E-state index in [0.717, 1.165) is 83.7 Å². The van der Waals surface area contributed by atoms with Gasteiger partial charge in [-0.25, -0.2) is 0 Å². The summed E-state index contributed by atoms with van der Waals surface area (Å²) in [4.78, 5) is 9.64. The van der Waals surface area contributed by atoms with Gasteiger partial charge in [0.25, 0.3) is 0 Å². The second kappa shape index (κ2) is 12.4. The largest absolute Gasteiger partial charge is 0.494 e. The minimum atomic E-state index is 0. The highest BCUT2D eigenvalue weighted by atomic mass is 127. The summed E-state index contributed by atoms with van der Waals surface area (Å²) in [6.07, 6.45) is 3.22. The zero-order valence-electron chi connectivity index (χ0n) is 19.6. The molecule has 1 aromatic carbocycles. The van der Waals surface area contributed by atoms with Gasteiger partial charge in [-0.1, -0.05) is 12.1 Å². The van der Waals surface area contributed by atoms with Crippen LogP contribution in [0.2, 0.25) is 0 Å². The maximum Gasteiger partial charge on any atom is 0.193 e. The van der Waals surface area contributed by atoms with Crippen LogP contribution in [0.4, 0.5) is 0 Å². The van der Waals surface area contributed by atoms with E-state index in [4.69, 9.17) is 14.2 Å². The molecule has 3 fully saturated rings. The smallest absolute Gasteiger partial charge is 0.193 e. The van der Waals surface area contributed by atoms with Crippen LogP contribution >= 0.6 is 24.0 Å². The molecule has 0 saturated carbocycles. The number of benzene rings is 1. The van der Waals surface area contributed by atoms with Crippen LogP contribution in [0.1, 0.15) is 31.7 Å². The van der Waals surface area contributed by atoms with Gasteiger partial charge in [0.2, 0.25) is 0 Å². The number of rotatable bonds is 6. The highest BCUT2D eigenvalue weighted by Crippen LogP contribution is 2.35. The van der Waals surface area contributed by atoms with Crippen LogP contribution in [0.15, 0.2) is 29.3 Å². The molecule has 3 heterocycles. The number of ether oxygens (including phenoxy) is 3. The molecule has 0 radical (unpaired) electrons. The molecule has 0 spiro atoms. The van der Waals surface area contributed by atoms with Gasteiger partial charge in [0, 0.05) is 64.4 Å². The van der Waals surface area contributed by atoms with E-state index < -0.39 is 0 Å². The van der Waals surface area contributed by atoms with E-state index in [0.29, 0.717) is 12.6 Å². The first-order chi connectivity index (χ1) is 15.2. The summed E-state index contributed by atoms with van der Waals surface area (Å²) >= 11 is 0. The molecule has 0 aromatic heterocycles. The molecule has 1 N–H and O–H groups in total. The lowest BCUT2D eigenvalue weighted by Gasteiger charge is -2.39. The van der Waals surface area contributed by atoms with Crippen molar-refractivity contribution in [2.24, 2.45) is 4.99 Å². The van der Waals surface area contributed by atoms with Gasteiger partial charge in [0.05, 0.1) is 19.8 Å². The van der Waals surface area contributed by atoms with Crippen molar-refractivity contribution < 1.29 is 14.2 Å². The van der Waals surface area contributed by atoms with Crippen LogP contribution in [0, 0.1) is 0 Å². The minimum absolute atomic E-state index is 0. The van der Waals surface area contributed by atoms with E-state index in [1.165, 1.54) is 12.0 Å². The van der Waals surface area contributed by atoms with Crippen molar-refractivity contribution in [3.05, 3.63) is 29.8 Å². The predicted octanol–water partition coefficient (Wildman–Crippen LogP) is 2.73. The minimum Gasteiger partial charge on any atom is -0.494 e. The van der Waals surface area contributed by atoms with Gasteiger partial charge in [-0.3, -0.25) is 9.89 Å². The Bertz CT molecular complexity index is 718. The average Bonchev–Trinajstić information content (AvgIpc) is 3.32. The van der Waals surface area contributed by atoms with Crippen LogP contribution in [0.25, 0.3) is 0 Å². The summed E-state index contributed by atoms with van der Waals surface area (Å²) in [5.41, 5.74) is 1.41. The highest BCUT2D eigenvalue weighted by Gasteiger charge is 2.36. The molecule has 4 rings (SSSR count). The van der Waals surface area contributed by atoms with Crippen LogP contribution in [-0.4, -0.2) is 94.6 Å². The standard InChI is InChI=1S/C24H38N4O3.HI/c1-3-31-22-6-4-20(5-7-22)24(9-14-29-15-10-24)19-26-23(25-2)28-11-8-21(18-28)27-12-16-30-17-13-27;/h4-7,21H,3,8-19H2,1-2H3,(H,25,26);1H. The molecule has 0 bridgehead atoms. The Hall–Kier alpha value is -1.10. The number of likely N-dealkylation sites (tertiary alicyclic amines) is 1.